The lowest BCUT2D eigenvalue weighted by molar-refractivity contribution is 0.283. The summed E-state index contributed by atoms with van der Waals surface area (Å²) in [5, 5.41) is 0. The Hall–Kier alpha value is -1.69. The standard InChI is InChI=1S/C14H10BrF3O2/c1-19-12-3-2-8(4-10(12)16)7-20-13-6-9(15)5-11(17)14(13)18/h2-6H,7H2,1H3. The Labute approximate surface area is 122 Å². The molecule has 0 aliphatic rings. The summed E-state index contributed by atoms with van der Waals surface area (Å²) >= 11 is 3.04. The van der Waals surface area contributed by atoms with Crippen molar-refractivity contribution in [1.29, 1.82) is 0 Å². The summed E-state index contributed by atoms with van der Waals surface area (Å²) < 4.78 is 50.4. The molecule has 0 unspecified atom stereocenters. The second kappa shape index (κ2) is 6.17. The van der Waals surface area contributed by atoms with Gasteiger partial charge in [0.05, 0.1) is 7.11 Å². The van der Waals surface area contributed by atoms with Gasteiger partial charge in [-0.2, -0.15) is 4.39 Å². The van der Waals surface area contributed by atoms with Crippen molar-refractivity contribution in [3.8, 4) is 11.5 Å². The van der Waals surface area contributed by atoms with Gasteiger partial charge in [0.25, 0.3) is 0 Å². The zero-order valence-electron chi connectivity index (χ0n) is 10.4. The molecule has 2 nitrogen and oxygen atoms in total. The monoisotopic (exact) mass is 346 g/mol. The van der Waals surface area contributed by atoms with Crippen LogP contribution in [0.2, 0.25) is 0 Å². The van der Waals surface area contributed by atoms with Crippen LogP contribution in [-0.2, 0) is 6.61 Å². The molecule has 2 aromatic carbocycles. The van der Waals surface area contributed by atoms with Crippen LogP contribution in [0.1, 0.15) is 5.56 Å². The summed E-state index contributed by atoms with van der Waals surface area (Å²) in [5.41, 5.74) is 0.475. The van der Waals surface area contributed by atoms with Crippen molar-refractivity contribution in [2.24, 2.45) is 0 Å². The van der Waals surface area contributed by atoms with Crippen LogP contribution < -0.4 is 9.47 Å². The van der Waals surface area contributed by atoms with E-state index in [4.69, 9.17) is 9.47 Å². The molecule has 0 saturated carbocycles. The summed E-state index contributed by atoms with van der Waals surface area (Å²) in [4.78, 5) is 0. The molecule has 0 heterocycles. The number of hydrogen-bond donors (Lipinski definition) is 0. The first kappa shape index (κ1) is 14.7. The van der Waals surface area contributed by atoms with Crippen molar-refractivity contribution in [2.45, 2.75) is 6.61 Å². The van der Waals surface area contributed by atoms with E-state index >= 15 is 0 Å². The highest BCUT2D eigenvalue weighted by Crippen LogP contribution is 2.26. The number of ether oxygens (including phenoxy) is 2. The Bertz CT molecular complexity index is 632. The number of benzene rings is 2. The van der Waals surface area contributed by atoms with Crippen LogP contribution in [0.4, 0.5) is 13.2 Å². The second-order valence-electron chi connectivity index (χ2n) is 3.96. The van der Waals surface area contributed by atoms with Gasteiger partial charge in [-0.05, 0) is 29.8 Å². The van der Waals surface area contributed by atoms with Crippen molar-refractivity contribution in [3.63, 3.8) is 0 Å². The highest BCUT2D eigenvalue weighted by atomic mass is 79.9. The van der Waals surface area contributed by atoms with E-state index in [0.29, 0.717) is 10.0 Å². The molecule has 0 bridgehead atoms. The van der Waals surface area contributed by atoms with Crippen LogP contribution in [0.15, 0.2) is 34.8 Å². The van der Waals surface area contributed by atoms with E-state index in [1.165, 1.54) is 25.3 Å². The zero-order chi connectivity index (χ0) is 14.7. The lowest BCUT2D eigenvalue weighted by Gasteiger charge is -2.09. The van der Waals surface area contributed by atoms with Gasteiger partial charge in [0, 0.05) is 4.47 Å². The quantitative estimate of drug-likeness (QED) is 0.761. The molecule has 0 spiro atoms. The van der Waals surface area contributed by atoms with Crippen LogP contribution in [0.3, 0.4) is 0 Å². The highest BCUT2D eigenvalue weighted by molar-refractivity contribution is 9.10. The Balaban J connectivity index is 2.15. The van der Waals surface area contributed by atoms with Gasteiger partial charge < -0.3 is 9.47 Å². The molecule has 0 radical (unpaired) electrons. The molecule has 20 heavy (non-hydrogen) atoms. The molecule has 0 aliphatic carbocycles. The van der Waals surface area contributed by atoms with E-state index in [0.717, 1.165) is 6.07 Å². The minimum Gasteiger partial charge on any atom is -0.494 e. The SMILES string of the molecule is COc1ccc(COc2cc(Br)cc(F)c2F)cc1F. The molecule has 106 valence electrons. The number of hydrogen-bond acceptors (Lipinski definition) is 2. The average molecular weight is 347 g/mol. The Morgan fingerprint density at radius 1 is 1.00 bits per heavy atom. The van der Waals surface area contributed by atoms with E-state index in [1.807, 2.05) is 0 Å². The molecule has 0 N–H and O–H groups in total. The lowest BCUT2D eigenvalue weighted by atomic mass is 10.2. The normalized spacial score (nSPS) is 10.4. The van der Waals surface area contributed by atoms with Gasteiger partial charge in [0.1, 0.15) is 6.61 Å². The number of methoxy groups -OCH3 is 1. The lowest BCUT2D eigenvalue weighted by Crippen LogP contribution is -2.00. The van der Waals surface area contributed by atoms with Crippen LogP contribution in [0.5, 0.6) is 11.5 Å². The fourth-order valence-electron chi connectivity index (χ4n) is 1.60. The van der Waals surface area contributed by atoms with Crippen molar-refractivity contribution >= 4 is 15.9 Å². The van der Waals surface area contributed by atoms with E-state index in [9.17, 15) is 13.2 Å². The van der Waals surface area contributed by atoms with E-state index in [1.54, 1.807) is 6.07 Å². The topological polar surface area (TPSA) is 18.5 Å². The van der Waals surface area contributed by atoms with Gasteiger partial charge >= 0.3 is 0 Å². The second-order valence-corrected chi connectivity index (χ2v) is 4.87. The zero-order valence-corrected chi connectivity index (χ0v) is 12.0. The van der Waals surface area contributed by atoms with Gasteiger partial charge in [-0.25, -0.2) is 8.78 Å². The molecule has 0 amide bonds. The fourth-order valence-corrected chi connectivity index (χ4v) is 2.01. The fraction of sp³-hybridized carbons (Fsp3) is 0.143. The number of rotatable bonds is 4. The van der Waals surface area contributed by atoms with Gasteiger partial charge in [-0.1, -0.05) is 22.0 Å². The van der Waals surface area contributed by atoms with Gasteiger partial charge in [0.15, 0.2) is 23.1 Å². The molecular weight excluding hydrogens is 337 g/mol. The summed E-state index contributed by atoms with van der Waals surface area (Å²) in [6, 6.07) is 6.53. The molecular formula is C14H10BrF3O2. The maximum Gasteiger partial charge on any atom is 0.200 e. The van der Waals surface area contributed by atoms with Crippen molar-refractivity contribution in [2.75, 3.05) is 7.11 Å². The summed E-state index contributed by atoms with van der Waals surface area (Å²) in [7, 11) is 1.36. The Kier molecular flexibility index (Phi) is 4.54. The molecule has 0 fully saturated rings. The average Bonchev–Trinajstić information content (AvgIpc) is 2.41. The van der Waals surface area contributed by atoms with E-state index in [-0.39, 0.29) is 18.1 Å². The first-order valence-corrected chi connectivity index (χ1v) is 6.40. The third kappa shape index (κ3) is 3.25. The molecule has 0 saturated heterocycles. The minimum atomic E-state index is -1.08. The first-order chi connectivity index (χ1) is 9.51. The third-order valence-corrected chi connectivity index (χ3v) is 3.03. The minimum absolute atomic E-state index is 0.0896. The molecule has 0 aromatic heterocycles. The van der Waals surface area contributed by atoms with Gasteiger partial charge in [-0.15, -0.1) is 0 Å². The summed E-state index contributed by atoms with van der Waals surface area (Å²) in [6.45, 7) is -0.0896. The van der Waals surface area contributed by atoms with Crippen molar-refractivity contribution in [1.82, 2.24) is 0 Å². The Morgan fingerprint density at radius 3 is 2.40 bits per heavy atom. The van der Waals surface area contributed by atoms with E-state index in [2.05, 4.69) is 15.9 Å². The van der Waals surface area contributed by atoms with Gasteiger partial charge in [-0.3, -0.25) is 0 Å². The largest absolute Gasteiger partial charge is 0.494 e. The first-order valence-electron chi connectivity index (χ1n) is 5.61. The molecule has 2 rings (SSSR count). The van der Waals surface area contributed by atoms with Crippen LogP contribution in [0, 0.1) is 17.5 Å². The maximum atomic E-state index is 13.5. The highest BCUT2D eigenvalue weighted by Gasteiger charge is 2.12. The predicted molar refractivity (Wildman–Crippen MR) is 71.3 cm³/mol. The summed E-state index contributed by atoms with van der Waals surface area (Å²) in [6.07, 6.45) is 0. The molecule has 2 aromatic rings. The Morgan fingerprint density at radius 2 is 1.75 bits per heavy atom. The van der Waals surface area contributed by atoms with Crippen molar-refractivity contribution < 1.29 is 22.6 Å². The molecule has 0 atom stereocenters. The van der Waals surface area contributed by atoms with Crippen molar-refractivity contribution in [3.05, 3.63) is 57.8 Å². The van der Waals surface area contributed by atoms with Gasteiger partial charge in [0.2, 0.25) is 5.82 Å². The van der Waals surface area contributed by atoms with Crippen LogP contribution in [0.25, 0.3) is 0 Å². The van der Waals surface area contributed by atoms with E-state index < -0.39 is 17.5 Å². The molecule has 0 aliphatic heterocycles. The summed E-state index contributed by atoms with van der Waals surface area (Å²) in [5.74, 6) is -2.78. The van der Waals surface area contributed by atoms with Crippen LogP contribution >= 0.6 is 15.9 Å². The van der Waals surface area contributed by atoms with Crippen LogP contribution in [-0.4, -0.2) is 7.11 Å². The maximum absolute atomic E-state index is 13.5. The smallest absolute Gasteiger partial charge is 0.200 e. The third-order valence-electron chi connectivity index (χ3n) is 2.57. The molecule has 6 heteroatoms. The predicted octanol–water partition coefficient (Wildman–Crippen LogP) is 4.45. The number of halogens is 4.